The van der Waals surface area contributed by atoms with Crippen LogP contribution in [0, 0.1) is 24.4 Å². The largest absolute Gasteiger partial charge is 0.399 e. The van der Waals surface area contributed by atoms with E-state index in [1.165, 1.54) is 18.2 Å². The van der Waals surface area contributed by atoms with Gasteiger partial charge in [0.1, 0.15) is 5.82 Å². The molecule has 20 heavy (non-hydrogen) atoms. The Morgan fingerprint density at radius 2 is 1.80 bits per heavy atom. The van der Waals surface area contributed by atoms with Gasteiger partial charge in [-0.15, -0.1) is 0 Å². The molecule has 0 aliphatic carbocycles. The van der Waals surface area contributed by atoms with Crippen molar-refractivity contribution >= 4 is 17.1 Å². The van der Waals surface area contributed by atoms with Gasteiger partial charge in [-0.2, -0.15) is 0 Å². The van der Waals surface area contributed by atoms with E-state index in [4.69, 9.17) is 5.73 Å². The lowest BCUT2D eigenvalue weighted by Crippen LogP contribution is -2.05. The van der Waals surface area contributed by atoms with Gasteiger partial charge >= 0.3 is 0 Å². The number of rotatable bonds is 3. The third-order valence-electron chi connectivity index (χ3n) is 2.83. The van der Waals surface area contributed by atoms with Crippen molar-refractivity contribution in [2.24, 2.45) is 5.73 Å². The van der Waals surface area contributed by atoms with E-state index >= 15 is 0 Å². The fourth-order valence-electron chi connectivity index (χ4n) is 1.80. The normalized spacial score (nSPS) is 10.4. The minimum atomic E-state index is -1.13. The molecule has 0 amide bonds. The Hall–Kier alpha value is -2.43. The SMILES string of the molecule is C=C(N)c1ccc(F)c(F)c1Nc1ccc(C)cc1F. The Morgan fingerprint density at radius 1 is 1.10 bits per heavy atom. The monoisotopic (exact) mass is 278 g/mol. The van der Waals surface area contributed by atoms with E-state index in [1.807, 2.05) is 0 Å². The second-order valence-electron chi connectivity index (χ2n) is 4.42. The number of hydrogen-bond acceptors (Lipinski definition) is 2. The maximum absolute atomic E-state index is 13.9. The highest BCUT2D eigenvalue weighted by atomic mass is 19.2. The summed E-state index contributed by atoms with van der Waals surface area (Å²) >= 11 is 0. The Morgan fingerprint density at radius 3 is 2.40 bits per heavy atom. The van der Waals surface area contributed by atoms with Crippen LogP contribution in [0.1, 0.15) is 11.1 Å². The van der Waals surface area contributed by atoms with Gasteiger partial charge in [-0.3, -0.25) is 0 Å². The first-order valence-corrected chi connectivity index (χ1v) is 5.86. The summed E-state index contributed by atoms with van der Waals surface area (Å²) in [6, 6.07) is 6.61. The standard InChI is InChI=1S/C15H13F3N2/c1-8-3-6-13(12(17)7-8)20-15-10(9(2)19)4-5-11(16)14(15)18/h3-7,20H,2,19H2,1H3. The van der Waals surface area contributed by atoms with Crippen molar-refractivity contribution in [1.82, 2.24) is 0 Å². The van der Waals surface area contributed by atoms with E-state index in [9.17, 15) is 13.2 Å². The van der Waals surface area contributed by atoms with Crippen LogP contribution < -0.4 is 11.1 Å². The van der Waals surface area contributed by atoms with Crippen molar-refractivity contribution in [3.63, 3.8) is 0 Å². The van der Waals surface area contributed by atoms with Gasteiger partial charge in [0, 0.05) is 11.3 Å². The maximum atomic E-state index is 13.9. The van der Waals surface area contributed by atoms with Gasteiger partial charge in [-0.05, 0) is 36.8 Å². The lowest BCUT2D eigenvalue weighted by atomic mass is 10.1. The van der Waals surface area contributed by atoms with Gasteiger partial charge in [0.2, 0.25) is 0 Å². The number of halogens is 3. The van der Waals surface area contributed by atoms with Crippen molar-refractivity contribution in [3.8, 4) is 0 Å². The maximum Gasteiger partial charge on any atom is 0.182 e. The summed E-state index contributed by atoms with van der Waals surface area (Å²) in [5.74, 6) is -2.75. The first-order valence-electron chi connectivity index (χ1n) is 5.86. The van der Waals surface area contributed by atoms with Gasteiger partial charge in [0.15, 0.2) is 11.6 Å². The number of benzene rings is 2. The van der Waals surface area contributed by atoms with Crippen molar-refractivity contribution in [3.05, 3.63) is 65.5 Å². The molecule has 0 unspecified atom stereocenters. The molecule has 2 aromatic rings. The van der Waals surface area contributed by atoms with E-state index in [2.05, 4.69) is 11.9 Å². The molecule has 0 saturated carbocycles. The molecule has 0 aliphatic rings. The molecule has 0 fully saturated rings. The van der Waals surface area contributed by atoms with Crippen LogP contribution in [0.15, 0.2) is 36.9 Å². The van der Waals surface area contributed by atoms with Crippen molar-refractivity contribution in [2.75, 3.05) is 5.32 Å². The molecule has 3 N–H and O–H groups in total. The molecule has 0 radical (unpaired) electrons. The van der Waals surface area contributed by atoms with Crippen LogP contribution >= 0.6 is 0 Å². The quantitative estimate of drug-likeness (QED) is 0.887. The summed E-state index contributed by atoms with van der Waals surface area (Å²) in [5.41, 5.74) is 6.28. The molecular formula is C15H13F3N2. The zero-order valence-corrected chi connectivity index (χ0v) is 10.8. The zero-order chi connectivity index (χ0) is 14.9. The molecule has 2 nitrogen and oxygen atoms in total. The van der Waals surface area contributed by atoms with E-state index in [-0.39, 0.29) is 22.6 Å². The molecule has 0 bridgehead atoms. The Labute approximate surface area is 114 Å². The lowest BCUT2D eigenvalue weighted by molar-refractivity contribution is 0.511. The smallest absolute Gasteiger partial charge is 0.182 e. The topological polar surface area (TPSA) is 38.0 Å². The fraction of sp³-hybridized carbons (Fsp3) is 0.0667. The Bertz CT molecular complexity index is 681. The zero-order valence-electron chi connectivity index (χ0n) is 10.8. The predicted octanol–water partition coefficient (Wildman–Crippen LogP) is 4.09. The molecule has 2 rings (SSSR count). The van der Waals surface area contributed by atoms with Crippen LogP contribution in [-0.4, -0.2) is 0 Å². The summed E-state index contributed by atoms with van der Waals surface area (Å²) < 4.78 is 40.9. The third kappa shape index (κ3) is 2.61. The number of nitrogens with two attached hydrogens (primary N) is 1. The van der Waals surface area contributed by atoms with E-state index in [0.717, 1.165) is 11.6 Å². The molecule has 0 spiro atoms. The van der Waals surface area contributed by atoms with Crippen LogP contribution in [-0.2, 0) is 0 Å². The second-order valence-corrected chi connectivity index (χ2v) is 4.42. The minimum Gasteiger partial charge on any atom is -0.399 e. The summed E-state index contributed by atoms with van der Waals surface area (Å²) in [4.78, 5) is 0. The summed E-state index contributed by atoms with van der Waals surface area (Å²) in [7, 11) is 0. The Kier molecular flexibility index (Phi) is 3.70. The average molecular weight is 278 g/mol. The summed E-state index contributed by atoms with van der Waals surface area (Å²) in [5, 5.41) is 2.53. The number of nitrogens with one attached hydrogen (secondary N) is 1. The van der Waals surface area contributed by atoms with Crippen molar-refractivity contribution < 1.29 is 13.2 Å². The van der Waals surface area contributed by atoms with Gasteiger partial charge < -0.3 is 11.1 Å². The van der Waals surface area contributed by atoms with Crippen LogP contribution in [0.25, 0.3) is 5.70 Å². The summed E-state index contributed by atoms with van der Waals surface area (Å²) in [6.45, 7) is 5.21. The molecule has 104 valence electrons. The average Bonchev–Trinajstić information content (AvgIpc) is 2.37. The van der Waals surface area contributed by atoms with Gasteiger partial charge in [-0.1, -0.05) is 12.6 Å². The van der Waals surface area contributed by atoms with Crippen molar-refractivity contribution in [2.45, 2.75) is 6.92 Å². The fourth-order valence-corrected chi connectivity index (χ4v) is 1.80. The number of anilines is 2. The number of aryl methyl sites for hydroxylation is 1. The highest BCUT2D eigenvalue weighted by Crippen LogP contribution is 2.30. The molecule has 0 atom stereocenters. The molecule has 0 aromatic heterocycles. The third-order valence-corrected chi connectivity index (χ3v) is 2.83. The highest BCUT2D eigenvalue weighted by molar-refractivity contribution is 5.77. The molecular weight excluding hydrogens is 265 g/mol. The number of hydrogen-bond donors (Lipinski definition) is 2. The molecule has 0 aliphatic heterocycles. The van der Waals surface area contributed by atoms with Gasteiger partial charge in [0.05, 0.1) is 11.4 Å². The summed E-state index contributed by atoms with van der Waals surface area (Å²) in [6.07, 6.45) is 0. The van der Waals surface area contributed by atoms with E-state index in [1.54, 1.807) is 13.0 Å². The predicted molar refractivity (Wildman–Crippen MR) is 74.0 cm³/mol. The van der Waals surface area contributed by atoms with E-state index in [0.29, 0.717) is 0 Å². The molecule has 5 heteroatoms. The second kappa shape index (κ2) is 5.28. The first kappa shape index (κ1) is 14.0. The Balaban J connectivity index is 2.52. The minimum absolute atomic E-state index is 0.0302. The molecule has 0 saturated heterocycles. The lowest BCUT2D eigenvalue weighted by Gasteiger charge is -2.14. The first-order chi connectivity index (χ1) is 9.40. The van der Waals surface area contributed by atoms with E-state index < -0.39 is 17.5 Å². The van der Waals surface area contributed by atoms with Crippen molar-refractivity contribution in [1.29, 1.82) is 0 Å². The van der Waals surface area contributed by atoms with Gasteiger partial charge in [-0.25, -0.2) is 13.2 Å². The molecule has 0 heterocycles. The van der Waals surface area contributed by atoms with Crippen LogP contribution in [0.4, 0.5) is 24.5 Å². The van der Waals surface area contributed by atoms with Crippen LogP contribution in [0.5, 0.6) is 0 Å². The van der Waals surface area contributed by atoms with Crippen LogP contribution in [0.3, 0.4) is 0 Å². The highest BCUT2D eigenvalue weighted by Gasteiger charge is 2.16. The molecule has 2 aromatic carbocycles. The van der Waals surface area contributed by atoms with Gasteiger partial charge in [0.25, 0.3) is 0 Å². The van der Waals surface area contributed by atoms with Crippen LogP contribution in [0.2, 0.25) is 0 Å².